The minimum absolute atomic E-state index is 0.00817. The van der Waals surface area contributed by atoms with Gasteiger partial charge in [-0.3, -0.25) is 4.79 Å². The Morgan fingerprint density at radius 2 is 1.60 bits per heavy atom. The number of alkyl halides is 2. The van der Waals surface area contributed by atoms with Crippen LogP contribution in [-0.4, -0.2) is 56.3 Å². The summed E-state index contributed by atoms with van der Waals surface area (Å²) in [6.07, 6.45) is 0.0187. The number of carbonyl (C=O) groups is 1. The van der Waals surface area contributed by atoms with Crippen LogP contribution in [0.4, 0.5) is 17.6 Å². The van der Waals surface area contributed by atoms with Crippen LogP contribution in [0.15, 0.2) is 47.4 Å². The van der Waals surface area contributed by atoms with Gasteiger partial charge in [-0.2, -0.15) is 13.1 Å². The highest BCUT2D eigenvalue weighted by atomic mass is 32.2. The minimum Gasteiger partial charge on any atom is -0.435 e. The van der Waals surface area contributed by atoms with E-state index in [2.05, 4.69) is 4.74 Å². The zero-order valence-electron chi connectivity index (χ0n) is 15.6. The third kappa shape index (κ3) is 5.08. The van der Waals surface area contributed by atoms with E-state index < -0.39 is 28.3 Å². The molecule has 0 aromatic heterocycles. The highest BCUT2D eigenvalue weighted by molar-refractivity contribution is 7.89. The molecule has 0 aliphatic carbocycles. The van der Waals surface area contributed by atoms with Crippen molar-refractivity contribution >= 4 is 15.9 Å². The van der Waals surface area contributed by atoms with Crippen LogP contribution in [0.2, 0.25) is 0 Å². The Morgan fingerprint density at radius 3 is 2.17 bits per heavy atom. The SMILES string of the molecule is O=C(Cc1ccc(OC(F)F)cc1)N1CCN(S(=O)(=O)c2ccc(F)c(F)c2)CC1. The largest absolute Gasteiger partial charge is 0.435 e. The first kappa shape index (κ1) is 22.0. The third-order valence-corrected chi connectivity index (χ3v) is 6.52. The number of rotatable bonds is 6. The Labute approximate surface area is 170 Å². The van der Waals surface area contributed by atoms with Crippen LogP contribution in [0.1, 0.15) is 5.56 Å². The molecule has 1 aliphatic rings. The summed E-state index contributed by atoms with van der Waals surface area (Å²) < 4.78 is 81.3. The molecule has 1 aliphatic heterocycles. The first-order valence-corrected chi connectivity index (χ1v) is 10.4. The van der Waals surface area contributed by atoms with E-state index >= 15 is 0 Å². The summed E-state index contributed by atoms with van der Waals surface area (Å²) in [5.41, 5.74) is 0.596. The molecule has 3 rings (SSSR count). The topological polar surface area (TPSA) is 66.9 Å². The van der Waals surface area contributed by atoms with Crippen LogP contribution < -0.4 is 4.74 Å². The molecule has 1 saturated heterocycles. The van der Waals surface area contributed by atoms with E-state index in [1.54, 1.807) is 0 Å². The Hall–Kier alpha value is -2.66. The fourth-order valence-electron chi connectivity index (χ4n) is 3.04. The molecule has 2 aromatic carbocycles. The van der Waals surface area contributed by atoms with Crippen LogP contribution in [0, 0.1) is 11.6 Å². The second-order valence-electron chi connectivity index (χ2n) is 6.56. The average Bonchev–Trinajstić information content (AvgIpc) is 2.71. The van der Waals surface area contributed by atoms with Gasteiger partial charge in [0.05, 0.1) is 11.3 Å². The zero-order chi connectivity index (χ0) is 21.9. The molecule has 162 valence electrons. The van der Waals surface area contributed by atoms with E-state index in [-0.39, 0.29) is 49.2 Å². The van der Waals surface area contributed by atoms with Gasteiger partial charge in [0, 0.05) is 26.2 Å². The Bertz CT molecular complexity index is 1010. The van der Waals surface area contributed by atoms with Crippen molar-refractivity contribution < 1.29 is 35.5 Å². The van der Waals surface area contributed by atoms with Crippen molar-refractivity contribution in [2.24, 2.45) is 0 Å². The van der Waals surface area contributed by atoms with Crippen molar-refractivity contribution in [2.75, 3.05) is 26.2 Å². The van der Waals surface area contributed by atoms with E-state index in [4.69, 9.17) is 0 Å². The normalized spacial score (nSPS) is 15.4. The number of amides is 1. The maximum absolute atomic E-state index is 13.4. The van der Waals surface area contributed by atoms with Crippen molar-refractivity contribution in [3.05, 3.63) is 59.7 Å². The van der Waals surface area contributed by atoms with Gasteiger partial charge in [-0.1, -0.05) is 12.1 Å². The molecule has 0 atom stereocenters. The Kier molecular flexibility index (Phi) is 6.61. The second kappa shape index (κ2) is 9.00. The third-order valence-electron chi connectivity index (χ3n) is 4.62. The summed E-state index contributed by atoms with van der Waals surface area (Å²) in [6.45, 7) is -2.65. The lowest BCUT2D eigenvalue weighted by Crippen LogP contribution is -2.50. The molecule has 0 N–H and O–H groups in total. The minimum atomic E-state index is -4.01. The molecule has 0 bridgehead atoms. The summed E-state index contributed by atoms with van der Waals surface area (Å²) in [6, 6.07) is 8.04. The maximum Gasteiger partial charge on any atom is 0.387 e. The van der Waals surface area contributed by atoms with E-state index in [0.29, 0.717) is 11.6 Å². The van der Waals surface area contributed by atoms with Gasteiger partial charge in [0.2, 0.25) is 15.9 Å². The summed E-state index contributed by atoms with van der Waals surface area (Å²) in [5.74, 6) is -2.66. The van der Waals surface area contributed by atoms with Crippen molar-refractivity contribution in [1.82, 2.24) is 9.21 Å². The molecule has 2 aromatic rings. The van der Waals surface area contributed by atoms with Crippen molar-refractivity contribution in [3.8, 4) is 5.75 Å². The molecule has 0 unspecified atom stereocenters. The number of ether oxygens (including phenoxy) is 1. The van der Waals surface area contributed by atoms with Crippen molar-refractivity contribution in [3.63, 3.8) is 0 Å². The van der Waals surface area contributed by atoms with Crippen LogP contribution in [0.3, 0.4) is 0 Å². The molecule has 0 radical (unpaired) electrons. The van der Waals surface area contributed by atoms with Crippen LogP contribution >= 0.6 is 0 Å². The second-order valence-corrected chi connectivity index (χ2v) is 8.50. The number of nitrogens with zero attached hydrogens (tertiary/aromatic N) is 2. The number of benzene rings is 2. The molecule has 11 heteroatoms. The van der Waals surface area contributed by atoms with Gasteiger partial charge in [0.1, 0.15) is 5.75 Å². The fourth-order valence-corrected chi connectivity index (χ4v) is 4.47. The molecule has 0 saturated carbocycles. The van der Waals surface area contributed by atoms with E-state index in [1.807, 2.05) is 0 Å². The van der Waals surface area contributed by atoms with E-state index in [0.717, 1.165) is 16.4 Å². The number of hydrogen-bond acceptors (Lipinski definition) is 4. The summed E-state index contributed by atoms with van der Waals surface area (Å²) >= 11 is 0. The molecule has 6 nitrogen and oxygen atoms in total. The lowest BCUT2D eigenvalue weighted by molar-refractivity contribution is -0.131. The van der Waals surface area contributed by atoms with Crippen LogP contribution in [0.25, 0.3) is 0 Å². The maximum atomic E-state index is 13.4. The van der Waals surface area contributed by atoms with Gasteiger partial charge in [-0.25, -0.2) is 17.2 Å². The number of piperazine rings is 1. The molecule has 30 heavy (non-hydrogen) atoms. The summed E-state index contributed by atoms with van der Waals surface area (Å²) in [5, 5.41) is 0. The molecule has 1 fully saturated rings. The molecule has 0 spiro atoms. The van der Waals surface area contributed by atoms with Gasteiger partial charge in [0.25, 0.3) is 0 Å². The molecular weight excluding hydrogens is 428 g/mol. The fraction of sp³-hybridized carbons (Fsp3) is 0.316. The zero-order valence-corrected chi connectivity index (χ0v) is 16.4. The number of sulfonamides is 1. The van der Waals surface area contributed by atoms with E-state index in [1.165, 1.54) is 29.2 Å². The number of halogens is 4. The number of hydrogen-bond donors (Lipinski definition) is 0. The van der Waals surface area contributed by atoms with E-state index in [9.17, 15) is 30.8 Å². The summed E-state index contributed by atoms with van der Waals surface area (Å²) in [4.78, 5) is 13.6. The van der Waals surface area contributed by atoms with Gasteiger partial charge in [-0.15, -0.1) is 0 Å². The van der Waals surface area contributed by atoms with Crippen LogP contribution in [-0.2, 0) is 21.2 Å². The quantitative estimate of drug-likeness (QED) is 0.640. The van der Waals surface area contributed by atoms with Gasteiger partial charge >= 0.3 is 6.61 Å². The monoisotopic (exact) mass is 446 g/mol. The predicted octanol–water partition coefficient (Wildman–Crippen LogP) is 2.64. The first-order chi connectivity index (χ1) is 14.2. The van der Waals surface area contributed by atoms with Crippen LogP contribution in [0.5, 0.6) is 5.75 Å². The first-order valence-electron chi connectivity index (χ1n) is 8.93. The highest BCUT2D eigenvalue weighted by Gasteiger charge is 2.30. The van der Waals surface area contributed by atoms with Gasteiger partial charge in [-0.05, 0) is 35.9 Å². The average molecular weight is 446 g/mol. The highest BCUT2D eigenvalue weighted by Crippen LogP contribution is 2.21. The molecular formula is C19H18F4N2O4S. The lowest BCUT2D eigenvalue weighted by atomic mass is 10.1. The molecule has 1 amide bonds. The Morgan fingerprint density at radius 1 is 0.967 bits per heavy atom. The number of carbonyl (C=O) groups excluding carboxylic acids is 1. The molecule has 1 heterocycles. The predicted molar refractivity (Wildman–Crippen MR) is 98.5 cm³/mol. The smallest absolute Gasteiger partial charge is 0.387 e. The van der Waals surface area contributed by atoms with Crippen molar-refractivity contribution in [2.45, 2.75) is 17.9 Å². The Balaban J connectivity index is 1.58. The lowest BCUT2D eigenvalue weighted by Gasteiger charge is -2.34. The standard InChI is InChI=1S/C19H18F4N2O4S/c20-16-6-5-15(12-17(16)21)30(27,28)25-9-7-24(8-10-25)18(26)11-13-1-3-14(4-2-13)29-19(22)23/h1-6,12,19H,7-11H2. The van der Waals surface area contributed by atoms with Gasteiger partial charge in [0.15, 0.2) is 11.6 Å². The van der Waals surface area contributed by atoms with Crippen molar-refractivity contribution in [1.29, 1.82) is 0 Å². The van der Waals surface area contributed by atoms with Gasteiger partial charge < -0.3 is 9.64 Å². The summed E-state index contributed by atoms with van der Waals surface area (Å²) in [7, 11) is -4.01.